The molecule has 26 heavy (non-hydrogen) atoms. The van der Waals surface area contributed by atoms with E-state index < -0.39 is 10.1 Å². The van der Waals surface area contributed by atoms with Gasteiger partial charge in [0.25, 0.3) is 10.1 Å². The summed E-state index contributed by atoms with van der Waals surface area (Å²) in [7, 11) is -4.41. The van der Waals surface area contributed by atoms with Crippen LogP contribution in [-0.4, -0.2) is 13.0 Å². The van der Waals surface area contributed by atoms with Crippen molar-refractivity contribution in [1.29, 1.82) is 0 Å². The van der Waals surface area contributed by atoms with E-state index >= 15 is 0 Å². The average molecular weight is 386 g/mol. The van der Waals surface area contributed by atoms with Crippen LogP contribution < -0.4 is 39.4 Å². The number of aryl methyl sites for hydroxylation is 1. The van der Waals surface area contributed by atoms with Crippen LogP contribution in [0.4, 0.5) is 0 Å². The van der Waals surface area contributed by atoms with Gasteiger partial charge >= 0.3 is 29.6 Å². The summed E-state index contributed by atoms with van der Waals surface area (Å²) in [5.41, 5.74) is 0.839. The number of benzene rings is 2. The van der Waals surface area contributed by atoms with Crippen molar-refractivity contribution in [2.24, 2.45) is 0 Å². The van der Waals surface area contributed by atoms with Crippen molar-refractivity contribution < 1.29 is 52.4 Å². The molecule has 0 bridgehead atoms. The summed E-state index contributed by atoms with van der Waals surface area (Å²) < 4.78 is 38.4. The van der Waals surface area contributed by atoms with Gasteiger partial charge in [-0.2, -0.15) is 8.42 Å². The van der Waals surface area contributed by atoms with Gasteiger partial charge in [0, 0.05) is 0 Å². The summed E-state index contributed by atoms with van der Waals surface area (Å²) in [5.74, 6) is 0.202. The molecule has 0 atom stereocenters. The molecule has 1 N–H and O–H groups in total. The minimum absolute atomic E-state index is 0. The third kappa shape index (κ3) is 7.29. The molecule has 0 saturated heterocycles. The maximum absolute atomic E-state index is 11.7. The molecule has 0 heterocycles. The molecule has 0 fully saturated rings. The maximum Gasteiger partial charge on any atom is 1.00 e. The molecule has 0 aromatic heterocycles. The van der Waals surface area contributed by atoms with Gasteiger partial charge in [-0.3, -0.25) is 4.55 Å². The van der Waals surface area contributed by atoms with Gasteiger partial charge in [-0.05, 0) is 42.7 Å². The largest absolute Gasteiger partial charge is 1.00 e. The summed E-state index contributed by atoms with van der Waals surface area (Å²) in [4.78, 5) is -0.259. The molecule has 2 aromatic carbocycles. The van der Waals surface area contributed by atoms with E-state index in [1.165, 1.54) is 55.7 Å². The van der Waals surface area contributed by atoms with E-state index in [9.17, 15) is 18.1 Å². The Morgan fingerprint density at radius 1 is 1.00 bits per heavy atom. The van der Waals surface area contributed by atoms with Crippen LogP contribution in [0.1, 0.15) is 44.6 Å². The van der Waals surface area contributed by atoms with Crippen molar-refractivity contribution in [3.63, 3.8) is 0 Å². The fourth-order valence-electron chi connectivity index (χ4n) is 2.56. The molecule has 0 amide bonds. The quantitative estimate of drug-likeness (QED) is 0.399. The molecule has 136 valence electrons. The first-order chi connectivity index (χ1) is 11.9. The summed E-state index contributed by atoms with van der Waals surface area (Å²) in [6.07, 6.45) is 6.35. The summed E-state index contributed by atoms with van der Waals surface area (Å²) in [5, 5.41) is 11.1. The van der Waals surface area contributed by atoms with Crippen LogP contribution in [0.15, 0.2) is 47.4 Å². The molecular weight excluding hydrogens is 363 g/mol. The molecule has 2 rings (SSSR count). The van der Waals surface area contributed by atoms with Gasteiger partial charge < -0.3 is 9.84 Å². The Kier molecular flexibility index (Phi) is 9.68. The van der Waals surface area contributed by atoms with Crippen LogP contribution in [0.25, 0.3) is 0 Å². The second-order valence-electron chi connectivity index (χ2n) is 5.99. The topological polar surface area (TPSA) is 86.7 Å². The van der Waals surface area contributed by atoms with E-state index in [2.05, 4.69) is 6.92 Å². The SMILES string of the molecule is CCCCCCCc1ccc(Oc2ccc([O-])cc2)c(S(=O)(=O)O)c1.[Na+]. The summed E-state index contributed by atoms with van der Waals surface area (Å²) >= 11 is 0. The number of hydrogen-bond acceptors (Lipinski definition) is 4. The fourth-order valence-corrected chi connectivity index (χ4v) is 3.23. The molecule has 0 radical (unpaired) electrons. The molecule has 0 saturated carbocycles. The van der Waals surface area contributed by atoms with E-state index in [1.807, 2.05) is 0 Å². The van der Waals surface area contributed by atoms with Crippen molar-refractivity contribution in [2.45, 2.75) is 50.3 Å². The molecule has 0 aliphatic heterocycles. The molecule has 2 aromatic rings. The van der Waals surface area contributed by atoms with Crippen LogP contribution in [0, 0.1) is 0 Å². The van der Waals surface area contributed by atoms with Crippen molar-refractivity contribution in [3.8, 4) is 17.2 Å². The first-order valence-corrected chi connectivity index (χ1v) is 9.89. The van der Waals surface area contributed by atoms with Crippen molar-refractivity contribution in [3.05, 3.63) is 48.0 Å². The van der Waals surface area contributed by atoms with E-state index in [-0.39, 0.29) is 46.0 Å². The van der Waals surface area contributed by atoms with Crippen molar-refractivity contribution in [1.82, 2.24) is 0 Å². The van der Waals surface area contributed by atoms with Crippen molar-refractivity contribution >= 4 is 10.1 Å². The second kappa shape index (κ2) is 10.9. The summed E-state index contributed by atoms with van der Waals surface area (Å²) in [6, 6.07) is 10.4. The third-order valence-electron chi connectivity index (χ3n) is 3.91. The van der Waals surface area contributed by atoms with Gasteiger partial charge in [-0.15, -0.1) is 5.75 Å². The van der Waals surface area contributed by atoms with Crippen LogP contribution in [-0.2, 0) is 16.5 Å². The predicted molar refractivity (Wildman–Crippen MR) is 94.7 cm³/mol. The monoisotopic (exact) mass is 386 g/mol. The Hall–Kier alpha value is -1.05. The van der Waals surface area contributed by atoms with Gasteiger partial charge in [0.2, 0.25) is 0 Å². The van der Waals surface area contributed by atoms with Crippen LogP contribution >= 0.6 is 0 Å². The molecule has 0 unspecified atom stereocenters. The zero-order valence-electron chi connectivity index (χ0n) is 15.3. The molecular formula is C19H23NaO5S. The Morgan fingerprint density at radius 3 is 2.27 bits per heavy atom. The third-order valence-corrected chi connectivity index (χ3v) is 4.78. The Labute approximate surface area is 177 Å². The van der Waals surface area contributed by atoms with Gasteiger partial charge in [-0.1, -0.05) is 50.8 Å². The first kappa shape index (κ1) is 23.0. The number of unbranched alkanes of at least 4 members (excludes halogenated alkanes) is 4. The predicted octanol–water partition coefficient (Wildman–Crippen LogP) is 1.32. The van der Waals surface area contributed by atoms with Gasteiger partial charge in [-0.25, -0.2) is 0 Å². The van der Waals surface area contributed by atoms with Crippen molar-refractivity contribution in [2.75, 3.05) is 0 Å². The van der Waals surface area contributed by atoms with Gasteiger partial charge in [0.15, 0.2) is 0 Å². The van der Waals surface area contributed by atoms with E-state index in [1.54, 1.807) is 6.07 Å². The van der Waals surface area contributed by atoms with E-state index in [4.69, 9.17) is 4.74 Å². The Morgan fingerprint density at radius 2 is 1.65 bits per heavy atom. The van der Waals surface area contributed by atoms with Crippen LogP contribution in [0.3, 0.4) is 0 Å². The second-order valence-corrected chi connectivity index (χ2v) is 7.38. The van der Waals surface area contributed by atoms with Crippen LogP contribution in [0.2, 0.25) is 0 Å². The minimum Gasteiger partial charge on any atom is -0.872 e. The Bertz CT molecular complexity index is 788. The molecule has 0 aliphatic rings. The number of rotatable bonds is 9. The smallest absolute Gasteiger partial charge is 0.872 e. The number of ether oxygens (including phenoxy) is 1. The van der Waals surface area contributed by atoms with Gasteiger partial charge in [0.1, 0.15) is 16.4 Å². The molecule has 5 nitrogen and oxygen atoms in total. The fraction of sp³-hybridized carbons (Fsp3) is 0.368. The normalized spacial score (nSPS) is 11.0. The molecule has 0 aliphatic carbocycles. The van der Waals surface area contributed by atoms with E-state index in [0.717, 1.165) is 24.8 Å². The first-order valence-electron chi connectivity index (χ1n) is 8.45. The zero-order valence-corrected chi connectivity index (χ0v) is 18.1. The standard InChI is InChI=1S/C19H24O5S.Na/c1-2-3-4-5-6-7-15-8-13-18(19(14-15)25(21,22)23)24-17-11-9-16(20)10-12-17;/h8-14,20H,2-7H2,1H3,(H,21,22,23);/q;+1/p-1. The minimum atomic E-state index is -4.41. The molecule has 7 heteroatoms. The van der Waals surface area contributed by atoms with Gasteiger partial charge in [0.05, 0.1) is 0 Å². The van der Waals surface area contributed by atoms with Crippen LogP contribution in [0.5, 0.6) is 17.2 Å². The van der Waals surface area contributed by atoms with E-state index in [0.29, 0.717) is 5.75 Å². The number of hydrogen-bond donors (Lipinski definition) is 1. The average Bonchev–Trinajstić information content (AvgIpc) is 2.57. The zero-order chi connectivity index (χ0) is 18.3. The maximum atomic E-state index is 11.7. The Balaban J connectivity index is 0.00000338. The molecule has 0 spiro atoms. The summed E-state index contributed by atoms with van der Waals surface area (Å²) in [6.45, 7) is 2.15.